The molecule has 2 atom stereocenters. The summed E-state index contributed by atoms with van der Waals surface area (Å²) in [7, 11) is 0. The molecule has 3 nitrogen and oxygen atoms in total. The van der Waals surface area contributed by atoms with Crippen molar-refractivity contribution in [3.05, 3.63) is 47.1 Å². The van der Waals surface area contributed by atoms with Gasteiger partial charge in [-0.3, -0.25) is 4.79 Å². The summed E-state index contributed by atoms with van der Waals surface area (Å²) < 4.78 is 57.4. The molecule has 0 aliphatic heterocycles. The average Bonchev–Trinajstić information content (AvgIpc) is 3.06. The molecule has 0 heterocycles. The van der Waals surface area contributed by atoms with E-state index in [1.165, 1.54) is 6.08 Å². The second-order valence-electron chi connectivity index (χ2n) is 5.88. The minimum atomic E-state index is -1.95. The van der Waals surface area contributed by atoms with Gasteiger partial charge in [0, 0.05) is 11.6 Å². The molecule has 1 aromatic rings. The first-order valence-corrected chi connectivity index (χ1v) is 6.76. The smallest absolute Gasteiger partial charge is 0.310 e. The molecular formula is C16H13F4NO2. The maximum atomic E-state index is 13.5. The molecule has 23 heavy (non-hydrogen) atoms. The molecule has 0 radical (unpaired) electrons. The average molecular weight is 327 g/mol. The number of carbonyl (C=O) groups is 1. The molecule has 122 valence electrons. The number of ether oxygens (including phenoxy) is 1. The highest BCUT2D eigenvalue weighted by atomic mass is 19.2. The normalized spacial score (nSPS) is 22.0. The monoisotopic (exact) mass is 327 g/mol. The fourth-order valence-corrected chi connectivity index (χ4v) is 2.60. The summed E-state index contributed by atoms with van der Waals surface area (Å²) in [6.07, 6.45) is 2.83. The Morgan fingerprint density at radius 3 is 2.57 bits per heavy atom. The van der Waals surface area contributed by atoms with Crippen molar-refractivity contribution >= 4 is 5.97 Å². The molecule has 1 fully saturated rings. The van der Waals surface area contributed by atoms with Crippen LogP contribution in [0.5, 0.6) is 0 Å². The molecule has 0 bridgehead atoms. The zero-order chi connectivity index (χ0) is 17.4. The molecule has 1 aliphatic rings. The van der Waals surface area contributed by atoms with E-state index in [-0.39, 0.29) is 5.92 Å². The molecule has 0 aromatic heterocycles. The van der Waals surface area contributed by atoms with Crippen LogP contribution in [0.3, 0.4) is 0 Å². The molecule has 0 N–H and O–H groups in total. The van der Waals surface area contributed by atoms with Gasteiger partial charge in [0.05, 0.1) is 12.0 Å². The highest BCUT2D eigenvalue weighted by Crippen LogP contribution is 2.59. The molecule has 1 saturated carbocycles. The van der Waals surface area contributed by atoms with Crippen LogP contribution in [0.2, 0.25) is 0 Å². The molecule has 2 rings (SSSR count). The van der Waals surface area contributed by atoms with Crippen LogP contribution in [0.1, 0.15) is 19.4 Å². The van der Waals surface area contributed by atoms with Gasteiger partial charge in [-0.25, -0.2) is 17.6 Å². The summed E-state index contributed by atoms with van der Waals surface area (Å²) in [6, 6.07) is 2.27. The zero-order valence-corrected chi connectivity index (χ0v) is 12.4. The van der Waals surface area contributed by atoms with Crippen molar-refractivity contribution < 1.29 is 27.1 Å². The fourth-order valence-electron chi connectivity index (χ4n) is 2.60. The second-order valence-corrected chi connectivity index (χ2v) is 5.88. The Hall–Kier alpha value is -2.36. The summed E-state index contributed by atoms with van der Waals surface area (Å²) >= 11 is 0. The lowest BCUT2D eigenvalue weighted by Crippen LogP contribution is -2.12. The Balaban J connectivity index is 2.07. The predicted octanol–water partition coefficient (Wildman–Crippen LogP) is 3.64. The first-order chi connectivity index (χ1) is 10.7. The Bertz CT molecular complexity index is 722. The van der Waals surface area contributed by atoms with E-state index >= 15 is 0 Å². The van der Waals surface area contributed by atoms with Gasteiger partial charge in [0.15, 0.2) is 23.3 Å². The standard InChI is InChI=1S/C16H13F4NO2/c1-16(2)9(4-3-5-21)11(16)15(22)23-7-8-6-10(17)13(19)14(20)12(8)18/h3-4,6,9,11H,7H2,1-2H3/b4-3-/t9-,11-/m0/s1. The Labute approximate surface area is 130 Å². The van der Waals surface area contributed by atoms with E-state index in [0.717, 1.165) is 0 Å². The quantitative estimate of drug-likeness (QED) is 0.279. The van der Waals surface area contributed by atoms with Gasteiger partial charge in [-0.1, -0.05) is 19.9 Å². The summed E-state index contributed by atoms with van der Waals surface area (Å²) in [5, 5.41) is 8.50. The number of hydrogen-bond donors (Lipinski definition) is 0. The minimum Gasteiger partial charge on any atom is -0.460 e. The van der Waals surface area contributed by atoms with Crippen molar-refractivity contribution in [1.29, 1.82) is 5.26 Å². The number of rotatable bonds is 4. The van der Waals surface area contributed by atoms with E-state index in [2.05, 4.69) is 0 Å². The Morgan fingerprint density at radius 2 is 1.96 bits per heavy atom. The Kier molecular flexibility index (Phi) is 4.46. The highest BCUT2D eigenvalue weighted by Gasteiger charge is 2.61. The molecule has 7 heteroatoms. The van der Waals surface area contributed by atoms with Crippen molar-refractivity contribution in [3.8, 4) is 6.07 Å². The van der Waals surface area contributed by atoms with Crippen LogP contribution in [0.4, 0.5) is 17.6 Å². The molecule has 0 unspecified atom stereocenters. The summed E-state index contributed by atoms with van der Waals surface area (Å²) in [5.74, 6) is -8.43. The van der Waals surface area contributed by atoms with Crippen LogP contribution in [-0.2, 0) is 16.1 Å². The van der Waals surface area contributed by atoms with Crippen LogP contribution in [-0.4, -0.2) is 5.97 Å². The largest absolute Gasteiger partial charge is 0.460 e. The van der Waals surface area contributed by atoms with Crippen LogP contribution in [0, 0.1) is 51.9 Å². The molecule has 1 aliphatic carbocycles. The molecule has 0 spiro atoms. The predicted molar refractivity (Wildman–Crippen MR) is 71.6 cm³/mol. The number of allylic oxidation sites excluding steroid dienone is 2. The number of benzene rings is 1. The Morgan fingerprint density at radius 1 is 1.30 bits per heavy atom. The molecular weight excluding hydrogens is 314 g/mol. The lowest BCUT2D eigenvalue weighted by atomic mass is 10.1. The third-order valence-corrected chi connectivity index (χ3v) is 4.09. The SMILES string of the molecule is CC1(C)[C@H](C(=O)OCc2cc(F)c(F)c(F)c2F)[C@@H]1/C=C\C#N. The van der Waals surface area contributed by atoms with Crippen molar-refractivity contribution in [2.45, 2.75) is 20.5 Å². The fraction of sp³-hybridized carbons (Fsp3) is 0.375. The molecule has 1 aromatic carbocycles. The summed E-state index contributed by atoms with van der Waals surface area (Å²) in [6.45, 7) is 2.88. The third kappa shape index (κ3) is 3.07. The van der Waals surface area contributed by atoms with E-state index in [1.54, 1.807) is 19.9 Å². The second kappa shape index (κ2) is 6.03. The van der Waals surface area contributed by atoms with E-state index in [9.17, 15) is 22.4 Å². The number of carbonyl (C=O) groups excluding carboxylic acids is 1. The van der Waals surface area contributed by atoms with Gasteiger partial charge < -0.3 is 4.74 Å². The number of halogens is 4. The topological polar surface area (TPSA) is 50.1 Å². The number of hydrogen-bond acceptors (Lipinski definition) is 3. The van der Waals surface area contributed by atoms with Gasteiger partial charge in [0.25, 0.3) is 0 Å². The highest BCUT2D eigenvalue weighted by molar-refractivity contribution is 5.78. The van der Waals surface area contributed by atoms with Gasteiger partial charge >= 0.3 is 5.97 Å². The van der Waals surface area contributed by atoms with Gasteiger partial charge in [0.1, 0.15) is 6.61 Å². The molecule has 0 amide bonds. The summed E-state index contributed by atoms with van der Waals surface area (Å²) in [4.78, 5) is 12.0. The first-order valence-electron chi connectivity index (χ1n) is 6.76. The number of nitriles is 1. The first kappa shape index (κ1) is 17.0. The maximum Gasteiger partial charge on any atom is 0.310 e. The van der Waals surface area contributed by atoms with Crippen molar-refractivity contribution in [2.24, 2.45) is 17.3 Å². The summed E-state index contributed by atoms with van der Waals surface area (Å²) in [5.41, 5.74) is -1.01. The number of nitrogens with zero attached hydrogens (tertiary/aromatic N) is 1. The van der Waals surface area contributed by atoms with E-state index in [0.29, 0.717) is 6.07 Å². The van der Waals surface area contributed by atoms with Crippen LogP contribution >= 0.6 is 0 Å². The van der Waals surface area contributed by atoms with Crippen molar-refractivity contribution in [1.82, 2.24) is 0 Å². The van der Waals surface area contributed by atoms with Crippen LogP contribution in [0.15, 0.2) is 18.2 Å². The van der Waals surface area contributed by atoms with Gasteiger partial charge in [-0.05, 0) is 17.4 Å². The molecule has 0 saturated heterocycles. The van der Waals surface area contributed by atoms with Gasteiger partial charge in [-0.15, -0.1) is 0 Å². The third-order valence-electron chi connectivity index (χ3n) is 4.09. The maximum absolute atomic E-state index is 13.5. The van der Waals surface area contributed by atoms with Crippen LogP contribution < -0.4 is 0 Å². The lowest BCUT2D eigenvalue weighted by molar-refractivity contribution is -0.147. The van der Waals surface area contributed by atoms with E-state index in [4.69, 9.17) is 10.00 Å². The lowest BCUT2D eigenvalue weighted by Gasteiger charge is -2.08. The van der Waals surface area contributed by atoms with E-state index in [1.807, 2.05) is 6.07 Å². The van der Waals surface area contributed by atoms with Crippen LogP contribution in [0.25, 0.3) is 0 Å². The van der Waals surface area contributed by atoms with Crippen molar-refractivity contribution in [3.63, 3.8) is 0 Å². The minimum absolute atomic E-state index is 0.207. The zero-order valence-electron chi connectivity index (χ0n) is 12.4. The van der Waals surface area contributed by atoms with Gasteiger partial charge in [-0.2, -0.15) is 5.26 Å². The number of esters is 1. The van der Waals surface area contributed by atoms with Crippen molar-refractivity contribution in [2.75, 3.05) is 0 Å². The van der Waals surface area contributed by atoms with E-state index < -0.39 is 52.7 Å². The van der Waals surface area contributed by atoms with Gasteiger partial charge in [0.2, 0.25) is 0 Å².